The molecule has 0 aromatic heterocycles. The van der Waals surface area contributed by atoms with Crippen LogP contribution in [-0.4, -0.2) is 29.0 Å². The van der Waals surface area contributed by atoms with E-state index in [1.807, 2.05) is 23.1 Å². The second kappa shape index (κ2) is 3.80. The first kappa shape index (κ1) is 9.21. The molecule has 74 valence electrons. The summed E-state index contributed by atoms with van der Waals surface area (Å²) < 4.78 is 0. The molecule has 0 fully saturated rings. The zero-order valence-electron chi connectivity index (χ0n) is 8.03. The molecule has 1 aromatic carbocycles. The van der Waals surface area contributed by atoms with Gasteiger partial charge >= 0.3 is 0 Å². The highest BCUT2D eigenvalue weighted by atomic mass is 16.3. The average Bonchev–Trinajstić information content (AvgIpc) is 2.54. The number of hydrogen-bond donors (Lipinski definition) is 2. The fourth-order valence-electron chi connectivity index (χ4n) is 1.80. The van der Waals surface area contributed by atoms with E-state index in [0.717, 1.165) is 25.1 Å². The van der Waals surface area contributed by atoms with Crippen LogP contribution >= 0.6 is 0 Å². The molecule has 3 nitrogen and oxygen atoms in total. The predicted molar refractivity (Wildman–Crippen MR) is 55.4 cm³/mol. The van der Waals surface area contributed by atoms with Crippen molar-refractivity contribution >= 4 is 5.84 Å². The van der Waals surface area contributed by atoms with Crippen molar-refractivity contribution in [3.05, 3.63) is 35.4 Å². The first-order chi connectivity index (χ1) is 6.83. The smallest absolute Gasteiger partial charge is 0.128 e. The van der Waals surface area contributed by atoms with Gasteiger partial charge in [-0.05, 0) is 12.0 Å². The van der Waals surface area contributed by atoms with Crippen LogP contribution in [0.4, 0.5) is 0 Å². The van der Waals surface area contributed by atoms with E-state index < -0.39 is 0 Å². The summed E-state index contributed by atoms with van der Waals surface area (Å²) in [6.07, 6.45) is 0.733. The third-order valence-electron chi connectivity index (χ3n) is 2.54. The van der Waals surface area contributed by atoms with Crippen LogP contribution in [-0.2, 0) is 6.54 Å². The summed E-state index contributed by atoms with van der Waals surface area (Å²) in [5.41, 5.74) is 2.25. The molecule has 0 spiro atoms. The largest absolute Gasteiger partial charge is 0.396 e. The van der Waals surface area contributed by atoms with E-state index in [1.54, 1.807) is 0 Å². The summed E-state index contributed by atoms with van der Waals surface area (Å²) in [5.74, 6) is 0.592. The Bertz CT molecular complexity index is 349. The summed E-state index contributed by atoms with van der Waals surface area (Å²) in [4.78, 5) is 2.00. The van der Waals surface area contributed by atoms with Gasteiger partial charge in [-0.2, -0.15) is 0 Å². The predicted octanol–water partition coefficient (Wildman–Crippen LogP) is 1.21. The number of amidine groups is 1. The SMILES string of the molecule is N=C1c2ccccc2CN1CCCO. The molecule has 2 N–H and O–H groups in total. The third kappa shape index (κ3) is 1.51. The number of nitrogens with one attached hydrogen (secondary N) is 1. The second-order valence-electron chi connectivity index (χ2n) is 3.50. The van der Waals surface area contributed by atoms with Crippen molar-refractivity contribution in [2.45, 2.75) is 13.0 Å². The zero-order valence-corrected chi connectivity index (χ0v) is 8.03. The molecule has 0 unspecified atom stereocenters. The van der Waals surface area contributed by atoms with E-state index in [0.29, 0.717) is 5.84 Å². The van der Waals surface area contributed by atoms with Crippen LogP contribution < -0.4 is 0 Å². The summed E-state index contributed by atoms with van der Waals surface area (Å²) in [6, 6.07) is 8.00. The molecule has 0 radical (unpaired) electrons. The fourth-order valence-corrected chi connectivity index (χ4v) is 1.80. The lowest BCUT2D eigenvalue weighted by molar-refractivity contribution is 0.267. The maximum absolute atomic E-state index is 8.73. The van der Waals surface area contributed by atoms with Gasteiger partial charge in [0, 0.05) is 25.3 Å². The van der Waals surface area contributed by atoms with Gasteiger partial charge in [-0.15, -0.1) is 0 Å². The Morgan fingerprint density at radius 1 is 1.36 bits per heavy atom. The number of benzene rings is 1. The Balaban J connectivity index is 2.13. The summed E-state index contributed by atoms with van der Waals surface area (Å²) in [6.45, 7) is 1.78. The van der Waals surface area contributed by atoms with E-state index in [1.165, 1.54) is 5.56 Å². The molecule has 0 saturated carbocycles. The Labute approximate surface area is 83.5 Å². The minimum Gasteiger partial charge on any atom is -0.396 e. The number of aliphatic hydroxyl groups excluding tert-OH is 1. The number of aliphatic hydroxyl groups is 1. The number of fused-ring (bicyclic) bond motifs is 1. The van der Waals surface area contributed by atoms with Crippen molar-refractivity contribution in [3.8, 4) is 0 Å². The van der Waals surface area contributed by atoms with Crippen molar-refractivity contribution in [2.24, 2.45) is 0 Å². The number of nitrogens with zero attached hydrogens (tertiary/aromatic N) is 1. The van der Waals surface area contributed by atoms with Gasteiger partial charge in [0.25, 0.3) is 0 Å². The molecular formula is C11H14N2O. The highest BCUT2D eigenvalue weighted by Crippen LogP contribution is 2.21. The van der Waals surface area contributed by atoms with Crippen LogP contribution in [0.3, 0.4) is 0 Å². The monoisotopic (exact) mass is 190 g/mol. The van der Waals surface area contributed by atoms with Crippen LogP contribution in [0.15, 0.2) is 24.3 Å². The molecule has 1 heterocycles. The number of hydrogen-bond acceptors (Lipinski definition) is 2. The molecule has 0 amide bonds. The summed E-state index contributed by atoms with van der Waals surface area (Å²) in [7, 11) is 0. The standard InChI is InChI=1S/C11H14N2O/c12-11-10-5-2-1-4-9(10)8-13(11)6-3-7-14/h1-2,4-5,12,14H,3,6-8H2. The molecule has 0 saturated heterocycles. The first-order valence-electron chi connectivity index (χ1n) is 4.85. The highest BCUT2D eigenvalue weighted by molar-refractivity contribution is 6.00. The molecule has 1 aromatic rings. The van der Waals surface area contributed by atoms with Gasteiger partial charge in [0.2, 0.25) is 0 Å². The van der Waals surface area contributed by atoms with Gasteiger partial charge in [-0.25, -0.2) is 0 Å². The Hall–Kier alpha value is -1.35. The zero-order chi connectivity index (χ0) is 9.97. The first-order valence-corrected chi connectivity index (χ1v) is 4.85. The minimum absolute atomic E-state index is 0.195. The van der Waals surface area contributed by atoms with Gasteiger partial charge < -0.3 is 10.0 Å². The van der Waals surface area contributed by atoms with Crippen molar-refractivity contribution in [3.63, 3.8) is 0 Å². The quantitative estimate of drug-likeness (QED) is 0.752. The molecule has 0 aliphatic carbocycles. The lowest BCUT2D eigenvalue weighted by Crippen LogP contribution is -2.25. The van der Waals surface area contributed by atoms with Gasteiger partial charge in [0.15, 0.2) is 0 Å². The normalized spacial score (nSPS) is 14.6. The van der Waals surface area contributed by atoms with Gasteiger partial charge in [-0.3, -0.25) is 5.41 Å². The molecule has 1 aliphatic rings. The van der Waals surface area contributed by atoms with Crippen LogP contribution in [0, 0.1) is 5.41 Å². The lowest BCUT2D eigenvalue weighted by atomic mass is 10.1. The molecule has 3 heteroatoms. The van der Waals surface area contributed by atoms with E-state index in [4.69, 9.17) is 10.5 Å². The van der Waals surface area contributed by atoms with Gasteiger partial charge in [0.1, 0.15) is 5.84 Å². The molecule has 14 heavy (non-hydrogen) atoms. The van der Waals surface area contributed by atoms with Crippen LogP contribution in [0.5, 0.6) is 0 Å². The second-order valence-corrected chi connectivity index (χ2v) is 3.50. The molecule has 1 aliphatic heterocycles. The summed E-state index contributed by atoms with van der Waals surface area (Å²) in [5, 5.41) is 16.6. The lowest BCUT2D eigenvalue weighted by Gasteiger charge is -2.16. The van der Waals surface area contributed by atoms with Crippen molar-refractivity contribution in [2.75, 3.05) is 13.2 Å². The van der Waals surface area contributed by atoms with Crippen LogP contribution in [0.2, 0.25) is 0 Å². The summed E-state index contributed by atoms with van der Waals surface area (Å²) >= 11 is 0. The Morgan fingerprint density at radius 3 is 2.86 bits per heavy atom. The van der Waals surface area contributed by atoms with E-state index >= 15 is 0 Å². The Morgan fingerprint density at radius 2 is 2.14 bits per heavy atom. The minimum atomic E-state index is 0.195. The maximum atomic E-state index is 8.73. The van der Waals surface area contributed by atoms with Gasteiger partial charge in [0.05, 0.1) is 0 Å². The van der Waals surface area contributed by atoms with E-state index in [-0.39, 0.29) is 6.61 Å². The molecule has 0 atom stereocenters. The van der Waals surface area contributed by atoms with Crippen LogP contribution in [0.1, 0.15) is 17.5 Å². The van der Waals surface area contributed by atoms with Crippen molar-refractivity contribution < 1.29 is 5.11 Å². The average molecular weight is 190 g/mol. The molecular weight excluding hydrogens is 176 g/mol. The maximum Gasteiger partial charge on any atom is 0.128 e. The fraction of sp³-hybridized carbons (Fsp3) is 0.364. The molecule has 2 rings (SSSR count). The van der Waals surface area contributed by atoms with Gasteiger partial charge in [-0.1, -0.05) is 24.3 Å². The van der Waals surface area contributed by atoms with Crippen LogP contribution in [0.25, 0.3) is 0 Å². The topological polar surface area (TPSA) is 47.3 Å². The third-order valence-corrected chi connectivity index (χ3v) is 2.54. The molecule has 0 bridgehead atoms. The Kier molecular flexibility index (Phi) is 2.50. The van der Waals surface area contributed by atoms with E-state index in [9.17, 15) is 0 Å². The van der Waals surface area contributed by atoms with E-state index in [2.05, 4.69) is 6.07 Å². The highest BCUT2D eigenvalue weighted by Gasteiger charge is 2.22. The van der Waals surface area contributed by atoms with Crippen molar-refractivity contribution in [1.29, 1.82) is 5.41 Å². The van der Waals surface area contributed by atoms with Crippen molar-refractivity contribution in [1.82, 2.24) is 4.90 Å². The number of rotatable bonds is 3.